The molecular formula is C17H22IN3O4S. The molecule has 1 aromatic carbocycles. The molecule has 0 aliphatic carbocycles. The molecule has 0 saturated heterocycles. The summed E-state index contributed by atoms with van der Waals surface area (Å²) in [7, 11) is -4.11. The van der Waals surface area contributed by atoms with Gasteiger partial charge in [-0.15, -0.1) is 0 Å². The Balaban J connectivity index is 3.18. The van der Waals surface area contributed by atoms with Crippen LogP contribution in [0, 0.1) is 3.57 Å². The lowest BCUT2D eigenvalue weighted by molar-refractivity contribution is 0.237. The van der Waals surface area contributed by atoms with E-state index in [1.165, 1.54) is 19.2 Å². The molecular weight excluding hydrogens is 469 g/mol. The van der Waals surface area contributed by atoms with Crippen molar-refractivity contribution < 1.29 is 17.9 Å². The van der Waals surface area contributed by atoms with Crippen molar-refractivity contribution in [3.8, 4) is 5.75 Å². The highest BCUT2D eigenvalue weighted by Gasteiger charge is 2.23. The van der Waals surface area contributed by atoms with Crippen LogP contribution in [0.5, 0.6) is 5.75 Å². The summed E-state index contributed by atoms with van der Waals surface area (Å²) in [5.41, 5.74) is -0.579. The van der Waals surface area contributed by atoms with Crippen LogP contribution in [0.2, 0.25) is 0 Å². The van der Waals surface area contributed by atoms with Gasteiger partial charge in [-0.05, 0) is 75.2 Å². The molecule has 0 bridgehead atoms. The van der Waals surface area contributed by atoms with Gasteiger partial charge in [0.25, 0.3) is 10.0 Å². The Morgan fingerprint density at radius 3 is 2.54 bits per heavy atom. The molecule has 0 aliphatic rings. The average molecular weight is 491 g/mol. The van der Waals surface area contributed by atoms with Crippen molar-refractivity contribution >= 4 is 45.4 Å². The number of nitrogens with zero attached hydrogens (tertiary/aromatic N) is 1. The summed E-state index contributed by atoms with van der Waals surface area (Å²) in [5.74, 6) is 0.477. The standard InChI is InChI=1S/C17H22IN3O4S/c1-12(26(23,24)21-16(22)20-17(2,3)4)15(9-10-19-5)25-14-8-6-7-13(18)11-14/h6-11H,5H2,1-4H3,(H2,20,21,22)/b10-9-,15-12-. The van der Waals surface area contributed by atoms with Crippen LogP contribution in [0.1, 0.15) is 27.7 Å². The minimum absolute atomic E-state index is 0.0236. The summed E-state index contributed by atoms with van der Waals surface area (Å²) < 4.78 is 33.6. The molecule has 0 radical (unpaired) electrons. The molecule has 0 atom stereocenters. The zero-order valence-corrected chi connectivity index (χ0v) is 18.0. The second-order valence-corrected chi connectivity index (χ2v) is 9.36. The van der Waals surface area contributed by atoms with Crippen LogP contribution in [0.15, 0.2) is 52.2 Å². The summed E-state index contributed by atoms with van der Waals surface area (Å²) in [6.45, 7) is 9.88. The van der Waals surface area contributed by atoms with Crippen molar-refractivity contribution in [2.75, 3.05) is 0 Å². The Morgan fingerprint density at radius 2 is 2.00 bits per heavy atom. The minimum Gasteiger partial charge on any atom is -0.456 e. The van der Waals surface area contributed by atoms with Crippen LogP contribution >= 0.6 is 22.6 Å². The number of nitrogens with one attached hydrogen (secondary N) is 2. The largest absolute Gasteiger partial charge is 0.456 e. The summed E-state index contributed by atoms with van der Waals surface area (Å²) in [6, 6.07) is 6.27. The Kier molecular flexibility index (Phi) is 7.82. The number of benzene rings is 1. The van der Waals surface area contributed by atoms with Gasteiger partial charge in [0.2, 0.25) is 0 Å². The number of sulfonamides is 1. The first-order chi connectivity index (χ1) is 11.9. The molecule has 0 unspecified atom stereocenters. The Hall–Kier alpha value is -1.88. The van der Waals surface area contributed by atoms with E-state index in [1.807, 2.05) is 10.8 Å². The van der Waals surface area contributed by atoms with E-state index in [2.05, 4.69) is 39.6 Å². The van der Waals surface area contributed by atoms with Crippen LogP contribution in [0.25, 0.3) is 0 Å². The first kappa shape index (κ1) is 22.2. The summed E-state index contributed by atoms with van der Waals surface area (Å²) in [4.78, 5) is 15.3. The maximum Gasteiger partial charge on any atom is 0.329 e. The first-order valence-corrected chi connectivity index (χ1v) is 10.1. The van der Waals surface area contributed by atoms with Crippen molar-refractivity contribution in [1.29, 1.82) is 0 Å². The molecule has 1 aromatic rings. The van der Waals surface area contributed by atoms with Crippen molar-refractivity contribution in [3.05, 3.63) is 50.8 Å². The second-order valence-electron chi connectivity index (χ2n) is 6.29. The number of hydrogen-bond acceptors (Lipinski definition) is 5. The van der Waals surface area contributed by atoms with E-state index in [4.69, 9.17) is 4.74 Å². The lowest BCUT2D eigenvalue weighted by Gasteiger charge is -2.21. The topological polar surface area (TPSA) is 96.9 Å². The average Bonchev–Trinajstić information content (AvgIpc) is 2.48. The number of amides is 2. The number of allylic oxidation sites excluding steroid dienone is 2. The molecule has 0 saturated carbocycles. The highest BCUT2D eigenvalue weighted by molar-refractivity contribution is 14.1. The number of ether oxygens (including phenoxy) is 1. The van der Waals surface area contributed by atoms with Gasteiger partial charge in [-0.1, -0.05) is 6.07 Å². The van der Waals surface area contributed by atoms with E-state index < -0.39 is 21.6 Å². The maximum absolute atomic E-state index is 12.5. The van der Waals surface area contributed by atoms with Crippen molar-refractivity contribution in [2.45, 2.75) is 33.2 Å². The number of rotatable bonds is 6. The summed E-state index contributed by atoms with van der Waals surface area (Å²) >= 11 is 2.12. The van der Waals surface area contributed by atoms with Gasteiger partial charge >= 0.3 is 6.03 Å². The second kappa shape index (κ2) is 9.17. The highest BCUT2D eigenvalue weighted by Crippen LogP contribution is 2.21. The Morgan fingerprint density at radius 1 is 1.35 bits per heavy atom. The van der Waals surface area contributed by atoms with Crippen LogP contribution in [-0.4, -0.2) is 26.7 Å². The van der Waals surface area contributed by atoms with Gasteiger partial charge in [-0.3, -0.25) is 4.99 Å². The zero-order valence-electron chi connectivity index (χ0n) is 15.0. The predicted molar refractivity (Wildman–Crippen MR) is 112 cm³/mol. The van der Waals surface area contributed by atoms with Crippen LogP contribution in [0.4, 0.5) is 4.79 Å². The van der Waals surface area contributed by atoms with E-state index >= 15 is 0 Å². The smallest absolute Gasteiger partial charge is 0.329 e. The van der Waals surface area contributed by atoms with Crippen molar-refractivity contribution in [2.24, 2.45) is 4.99 Å². The Labute approximate surface area is 167 Å². The summed E-state index contributed by atoms with van der Waals surface area (Å²) in [6.07, 6.45) is 2.67. The maximum atomic E-state index is 12.5. The SMILES string of the molecule is C=N/C=C\C(Oc1cccc(I)c1)=C(/C)S(=O)(=O)NC(=O)NC(C)(C)C. The highest BCUT2D eigenvalue weighted by atomic mass is 127. The third-order valence-corrected chi connectivity index (χ3v) is 4.95. The van der Waals surface area contributed by atoms with Crippen LogP contribution in [0.3, 0.4) is 0 Å². The molecule has 0 spiro atoms. The first-order valence-electron chi connectivity index (χ1n) is 7.56. The molecule has 9 heteroatoms. The molecule has 0 heterocycles. The van der Waals surface area contributed by atoms with E-state index in [1.54, 1.807) is 39.0 Å². The van der Waals surface area contributed by atoms with Gasteiger partial charge in [-0.25, -0.2) is 17.9 Å². The molecule has 2 amide bonds. The van der Waals surface area contributed by atoms with Gasteiger partial charge in [0, 0.05) is 21.4 Å². The number of hydrogen-bond donors (Lipinski definition) is 2. The third-order valence-electron chi connectivity index (χ3n) is 2.82. The molecule has 26 heavy (non-hydrogen) atoms. The van der Waals surface area contributed by atoms with Crippen LogP contribution in [-0.2, 0) is 10.0 Å². The summed E-state index contributed by atoms with van der Waals surface area (Å²) in [5, 5.41) is 2.53. The van der Waals surface area contributed by atoms with E-state index in [0.29, 0.717) is 5.75 Å². The zero-order chi connectivity index (χ0) is 20.0. The van der Waals surface area contributed by atoms with Gasteiger partial charge < -0.3 is 10.1 Å². The molecule has 1 rings (SSSR count). The van der Waals surface area contributed by atoms with Crippen LogP contribution < -0.4 is 14.8 Å². The van der Waals surface area contributed by atoms with Gasteiger partial charge in [0.05, 0.1) is 0 Å². The lowest BCUT2D eigenvalue weighted by Crippen LogP contribution is -2.48. The van der Waals surface area contributed by atoms with E-state index in [9.17, 15) is 13.2 Å². The van der Waals surface area contributed by atoms with Gasteiger partial charge in [0.15, 0.2) is 0 Å². The monoisotopic (exact) mass is 491 g/mol. The number of urea groups is 1. The quantitative estimate of drug-likeness (QED) is 0.275. The van der Waals surface area contributed by atoms with Crippen molar-refractivity contribution in [3.63, 3.8) is 0 Å². The number of aliphatic imine (C=N–C) groups is 1. The molecule has 0 fully saturated rings. The molecule has 0 aliphatic heterocycles. The minimum atomic E-state index is -4.11. The molecule has 7 nitrogen and oxygen atoms in total. The fourth-order valence-corrected chi connectivity index (χ4v) is 3.04. The van der Waals surface area contributed by atoms with Gasteiger partial charge in [0.1, 0.15) is 16.4 Å². The normalized spacial score (nSPS) is 13.1. The van der Waals surface area contributed by atoms with E-state index in [-0.39, 0.29) is 10.7 Å². The molecule has 0 aromatic heterocycles. The van der Waals surface area contributed by atoms with Gasteiger partial charge in [-0.2, -0.15) is 0 Å². The van der Waals surface area contributed by atoms with Crippen molar-refractivity contribution in [1.82, 2.24) is 10.0 Å². The molecule has 142 valence electrons. The molecule has 2 N–H and O–H groups in total. The lowest BCUT2D eigenvalue weighted by atomic mass is 10.1. The fourth-order valence-electron chi connectivity index (χ4n) is 1.70. The predicted octanol–water partition coefficient (Wildman–Crippen LogP) is 3.54. The number of halogens is 1. The number of carbonyl (C=O) groups excluding carboxylic acids is 1. The van der Waals surface area contributed by atoms with E-state index in [0.717, 1.165) is 3.57 Å². The third kappa shape index (κ3) is 7.56. The number of carbonyl (C=O) groups is 1. The fraction of sp³-hybridized carbons (Fsp3) is 0.294. The Bertz CT molecular complexity index is 840.